The van der Waals surface area contributed by atoms with E-state index in [1.165, 1.54) is 0 Å². The number of rotatable bonds is 3. The van der Waals surface area contributed by atoms with Crippen LogP contribution in [0.25, 0.3) is 21.9 Å². The molecule has 0 saturated carbocycles. The highest BCUT2D eigenvalue weighted by molar-refractivity contribution is 7.99. The molecule has 0 aliphatic carbocycles. The minimum atomic E-state index is 0.0333. The zero-order chi connectivity index (χ0) is 16.1. The van der Waals surface area contributed by atoms with Gasteiger partial charge in [0.2, 0.25) is 0 Å². The molecule has 3 heterocycles. The van der Waals surface area contributed by atoms with Crippen LogP contribution in [0.5, 0.6) is 11.5 Å². The van der Waals surface area contributed by atoms with E-state index in [0.717, 1.165) is 33.9 Å². The number of hydrogen-bond acceptors (Lipinski definition) is 5. The summed E-state index contributed by atoms with van der Waals surface area (Å²) in [5, 5.41) is 1.72. The van der Waals surface area contributed by atoms with Gasteiger partial charge in [-0.3, -0.25) is 9.36 Å². The van der Waals surface area contributed by atoms with Crippen molar-refractivity contribution in [2.75, 3.05) is 20.0 Å². The lowest BCUT2D eigenvalue weighted by Crippen LogP contribution is -2.22. The number of thioether (sulfide) groups is 1. The van der Waals surface area contributed by atoms with Crippen molar-refractivity contribution in [3.05, 3.63) is 22.5 Å². The van der Waals surface area contributed by atoms with Gasteiger partial charge in [0, 0.05) is 30.3 Å². The summed E-state index contributed by atoms with van der Waals surface area (Å²) < 4.78 is 14.6. The molecule has 0 amide bonds. The zero-order valence-corrected chi connectivity index (χ0v) is 14.1. The number of benzene rings is 1. The van der Waals surface area contributed by atoms with E-state index < -0.39 is 0 Å². The second kappa shape index (κ2) is 5.19. The third-order valence-electron chi connectivity index (χ3n) is 4.29. The first-order valence-electron chi connectivity index (χ1n) is 7.51. The van der Waals surface area contributed by atoms with E-state index in [1.54, 1.807) is 30.5 Å². The predicted molar refractivity (Wildman–Crippen MR) is 91.0 cm³/mol. The SMILES string of the molecule is CCn1c2cc(OC)c(OC)cc2c2nc3n(c(=O)c21)CCS3. The summed E-state index contributed by atoms with van der Waals surface area (Å²) >= 11 is 1.63. The van der Waals surface area contributed by atoms with Gasteiger partial charge in [-0.2, -0.15) is 0 Å². The average molecular weight is 331 g/mol. The van der Waals surface area contributed by atoms with E-state index in [9.17, 15) is 4.79 Å². The Morgan fingerprint density at radius 2 is 2.00 bits per heavy atom. The van der Waals surface area contributed by atoms with Crippen LogP contribution in [0.15, 0.2) is 22.1 Å². The van der Waals surface area contributed by atoms with Crippen molar-refractivity contribution in [2.24, 2.45) is 0 Å². The third-order valence-corrected chi connectivity index (χ3v) is 5.25. The second-order valence-electron chi connectivity index (χ2n) is 5.37. The summed E-state index contributed by atoms with van der Waals surface area (Å²) in [6.45, 7) is 3.44. The normalized spacial score (nSPS) is 13.7. The largest absolute Gasteiger partial charge is 0.493 e. The van der Waals surface area contributed by atoms with Crippen molar-refractivity contribution in [1.82, 2.24) is 14.1 Å². The maximum Gasteiger partial charge on any atom is 0.278 e. The number of fused-ring (bicyclic) bond motifs is 4. The predicted octanol–water partition coefficient (Wildman–Crippen LogP) is 2.49. The highest BCUT2D eigenvalue weighted by Gasteiger charge is 2.23. The first-order chi connectivity index (χ1) is 11.2. The van der Waals surface area contributed by atoms with Gasteiger partial charge in [0.05, 0.1) is 19.7 Å². The van der Waals surface area contributed by atoms with Crippen molar-refractivity contribution in [3.8, 4) is 11.5 Å². The quantitative estimate of drug-likeness (QED) is 0.690. The Morgan fingerprint density at radius 1 is 1.26 bits per heavy atom. The molecule has 7 heteroatoms. The summed E-state index contributed by atoms with van der Waals surface area (Å²) in [7, 11) is 3.22. The molecule has 0 bridgehead atoms. The van der Waals surface area contributed by atoms with Crippen molar-refractivity contribution in [1.29, 1.82) is 0 Å². The Balaban J connectivity index is 2.21. The Bertz CT molecular complexity index is 990. The topological polar surface area (TPSA) is 58.3 Å². The number of aryl methyl sites for hydroxylation is 1. The Labute approximate surface area is 137 Å². The van der Waals surface area contributed by atoms with E-state index in [-0.39, 0.29) is 5.56 Å². The van der Waals surface area contributed by atoms with Crippen LogP contribution in [0.2, 0.25) is 0 Å². The van der Waals surface area contributed by atoms with E-state index in [2.05, 4.69) is 0 Å². The standard InChI is InChI=1S/C16H17N3O3S/c1-4-18-10-8-12(22-3)11(21-2)7-9(10)13-14(18)15(20)19-5-6-23-16(19)17-13/h7-8H,4-6H2,1-3H3. The van der Waals surface area contributed by atoms with E-state index in [4.69, 9.17) is 14.5 Å². The van der Waals surface area contributed by atoms with Crippen LogP contribution in [0, 0.1) is 0 Å². The Morgan fingerprint density at radius 3 is 2.70 bits per heavy atom. The fourth-order valence-electron chi connectivity index (χ4n) is 3.22. The van der Waals surface area contributed by atoms with Gasteiger partial charge < -0.3 is 14.0 Å². The van der Waals surface area contributed by atoms with E-state index >= 15 is 0 Å². The number of ether oxygens (including phenoxy) is 2. The van der Waals surface area contributed by atoms with Gasteiger partial charge in [0.1, 0.15) is 11.0 Å². The molecule has 6 nitrogen and oxygen atoms in total. The highest BCUT2D eigenvalue weighted by Crippen LogP contribution is 2.37. The molecule has 1 aromatic carbocycles. The van der Waals surface area contributed by atoms with Gasteiger partial charge in [-0.05, 0) is 13.0 Å². The summed E-state index contributed by atoms with van der Waals surface area (Å²) in [4.78, 5) is 17.7. The number of methoxy groups -OCH3 is 2. The van der Waals surface area contributed by atoms with Gasteiger partial charge >= 0.3 is 0 Å². The molecular weight excluding hydrogens is 314 g/mol. The number of hydrogen-bond donors (Lipinski definition) is 0. The summed E-state index contributed by atoms with van der Waals surface area (Å²) in [5.74, 6) is 2.19. The van der Waals surface area contributed by atoms with Gasteiger partial charge in [-0.15, -0.1) is 0 Å². The molecule has 0 radical (unpaired) electrons. The maximum absolute atomic E-state index is 12.9. The second-order valence-corrected chi connectivity index (χ2v) is 6.43. The van der Waals surface area contributed by atoms with Gasteiger partial charge in [0.25, 0.3) is 5.56 Å². The minimum absolute atomic E-state index is 0.0333. The molecule has 4 rings (SSSR count). The molecular formula is C16H17N3O3S. The molecule has 0 N–H and O–H groups in total. The molecule has 0 spiro atoms. The van der Waals surface area contributed by atoms with Crippen LogP contribution in [-0.2, 0) is 13.1 Å². The fraction of sp³-hybridized carbons (Fsp3) is 0.375. The van der Waals surface area contributed by atoms with Crippen LogP contribution in [-0.4, -0.2) is 34.1 Å². The van der Waals surface area contributed by atoms with Crippen LogP contribution in [0.4, 0.5) is 0 Å². The van der Waals surface area contributed by atoms with E-state index in [1.807, 2.05) is 23.6 Å². The lowest BCUT2D eigenvalue weighted by atomic mass is 10.2. The third kappa shape index (κ3) is 1.89. The molecule has 2 aromatic heterocycles. The van der Waals surface area contributed by atoms with Crippen molar-refractivity contribution in [2.45, 2.75) is 25.2 Å². The smallest absolute Gasteiger partial charge is 0.278 e. The Kier molecular flexibility index (Phi) is 3.26. The lowest BCUT2D eigenvalue weighted by molar-refractivity contribution is 0.355. The van der Waals surface area contributed by atoms with Gasteiger partial charge in [-0.1, -0.05) is 11.8 Å². The van der Waals surface area contributed by atoms with Crippen LogP contribution in [0.3, 0.4) is 0 Å². The molecule has 1 aliphatic rings. The lowest BCUT2D eigenvalue weighted by Gasteiger charge is -2.08. The molecule has 0 atom stereocenters. The number of nitrogens with zero attached hydrogens (tertiary/aromatic N) is 3. The van der Waals surface area contributed by atoms with Crippen molar-refractivity contribution in [3.63, 3.8) is 0 Å². The molecule has 0 fully saturated rings. The molecule has 1 aliphatic heterocycles. The molecule has 0 unspecified atom stereocenters. The summed E-state index contributed by atoms with van der Waals surface area (Å²) in [6, 6.07) is 3.83. The monoisotopic (exact) mass is 331 g/mol. The fourth-order valence-corrected chi connectivity index (χ4v) is 4.16. The van der Waals surface area contributed by atoms with E-state index in [0.29, 0.717) is 23.6 Å². The van der Waals surface area contributed by atoms with Crippen LogP contribution in [0.1, 0.15) is 6.92 Å². The van der Waals surface area contributed by atoms with Crippen LogP contribution >= 0.6 is 11.8 Å². The first-order valence-corrected chi connectivity index (χ1v) is 8.49. The summed E-state index contributed by atoms with van der Waals surface area (Å²) in [6.07, 6.45) is 0. The summed E-state index contributed by atoms with van der Waals surface area (Å²) in [5.41, 5.74) is 2.38. The maximum atomic E-state index is 12.9. The highest BCUT2D eigenvalue weighted by atomic mass is 32.2. The molecule has 3 aromatic rings. The Hall–Kier alpha value is -2.15. The average Bonchev–Trinajstić information content (AvgIpc) is 3.16. The van der Waals surface area contributed by atoms with Crippen LogP contribution < -0.4 is 15.0 Å². The van der Waals surface area contributed by atoms with Crippen molar-refractivity contribution < 1.29 is 9.47 Å². The van der Waals surface area contributed by atoms with Crippen molar-refractivity contribution >= 4 is 33.7 Å². The van der Waals surface area contributed by atoms with Gasteiger partial charge in [0.15, 0.2) is 16.7 Å². The molecule has 0 saturated heterocycles. The molecule has 23 heavy (non-hydrogen) atoms. The zero-order valence-electron chi connectivity index (χ0n) is 13.3. The van der Waals surface area contributed by atoms with Gasteiger partial charge in [-0.25, -0.2) is 4.98 Å². The number of aromatic nitrogens is 3. The molecule has 120 valence electrons. The minimum Gasteiger partial charge on any atom is -0.493 e. The first kappa shape index (κ1) is 14.4.